The third kappa shape index (κ3) is 4.77. The lowest BCUT2D eigenvalue weighted by Gasteiger charge is -2.55. The van der Waals surface area contributed by atoms with Crippen molar-refractivity contribution in [3.8, 4) is 0 Å². The van der Waals surface area contributed by atoms with Crippen molar-refractivity contribution in [3.63, 3.8) is 0 Å². The first-order chi connectivity index (χ1) is 13.5. The Morgan fingerprint density at radius 3 is 2.76 bits per heavy atom. The Bertz CT molecular complexity index is 672. The van der Waals surface area contributed by atoms with Crippen molar-refractivity contribution < 1.29 is 4.74 Å². The van der Waals surface area contributed by atoms with E-state index >= 15 is 0 Å². The zero-order valence-corrected chi connectivity index (χ0v) is 21.3. The van der Waals surface area contributed by atoms with Gasteiger partial charge in [0.25, 0.3) is 0 Å². The third-order valence-electron chi connectivity index (χ3n) is 7.21. The fourth-order valence-corrected chi connectivity index (χ4v) is 6.24. The second-order valence-corrected chi connectivity index (χ2v) is 10.4. The van der Waals surface area contributed by atoms with Gasteiger partial charge in [-0.05, 0) is 49.7 Å². The van der Waals surface area contributed by atoms with Gasteiger partial charge in [-0.3, -0.25) is 9.89 Å². The number of fused-ring (bicyclic) bond motifs is 1. The van der Waals surface area contributed by atoms with Gasteiger partial charge in [0.1, 0.15) is 0 Å². The molecular formula is C22H37IN4OS. The van der Waals surface area contributed by atoms with Crippen LogP contribution >= 0.6 is 35.3 Å². The van der Waals surface area contributed by atoms with Crippen LogP contribution in [0.5, 0.6) is 0 Å². The lowest BCUT2D eigenvalue weighted by atomic mass is 9.57. The van der Waals surface area contributed by atoms with Gasteiger partial charge in [0, 0.05) is 42.5 Å². The van der Waals surface area contributed by atoms with E-state index in [2.05, 4.69) is 58.8 Å². The van der Waals surface area contributed by atoms with Crippen molar-refractivity contribution in [2.24, 2.45) is 22.2 Å². The molecule has 1 saturated carbocycles. The van der Waals surface area contributed by atoms with Crippen LogP contribution in [-0.2, 0) is 4.74 Å². The number of piperidine rings is 1. The first-order valence-electron chi connectivity index (χ1n) is 10.9. The van der Waals surface area contributed by atoms with Crippen LogP contribution in [0, 0.1) is 17.3 Å². The molecule has 1 aromatic heterocycles. The van der Waals surface area contributed by atoms with Crippen LogP contribution in [0.25, 0.3) is 0 Å². The molecule has 4 rings (SSSR count). The standard InChI is InChI=1S/C22H36N4OS.HI/c1-15-7-10-26(11-8-15)17(18-6-5-13-28-18)14-24-21(23-4)25-19-16-9-12-27-20(16)22(19,2)3;/h5-6,13,15-17,19-20H,7-12,14H2,1-4H3,(H2,23,24,25);1H. The predicted octanol–water partition coefficient (Wildman–Crippen LogP) is 4.12. The number of hydrogen-bond donors (Lipinski definition) is 2. The van der Waals surface area contributed by atoms with Crippen LogP contribution in [-0.4, -0.2) is 56.3 Å². The Hall–Kier alpha value is -0.380. The molecule has 2 saturated heterocycles. The van der Waals surface area contributed by atoms with Gasteiger partial charge in [0.05, 0.1) is 12.1 Å². The Labute approximate surface area is 197 Å². The van der Waals surface area contributed by atoms with Crippen LogP contribution < -0.4 is 10.6 Å². The normalized spacial score (nSPS) is 30.8. The summed E-state index contributed by atoms with van der Waals surface area (Å²) in [4.78, 5) is 8.64. The molecule has 3 aliphatic rings. The molecule has 0 bridgehead atoms. The van der Waals surface area contributed by atoms with E-state index < -0.39 is 0 Å². The van der Waals surface area contributed by atoms with E-state index in [-0.39, 0.29) is 29.4 Å². The number of hydrogen-bond acceptors (Lipinski definition) is 4. The molecule has 4 unspecified atom stereocenters. The van der Waals surface area contributed by atoms with E-state index in [4.69, 9.17) is 4.74 Å². The highest BCUT2D eigenvalue weighted by molar-refractivity contribution is 14.0. The van der Waals surface area contributed by atoms with E-state index in [0.717, 1.165) is 31.4 Å². The average molecular weight is 533 g/mol. The molecule has 3 heterocycles. The number of nitrogens with one attached hydrogen (secondary N) is 2. The summed E-state index contributed by atoms with van der Waals surface area (Å²) in [6.45, 7) is 11.2. The van der Waals surface area contributed by atoms with E-state index in [1.807, 2.05) is 18.4 Å². The summed E-state index contributed by atoms with van der Waals surface area (Å²) in [5.41, 5.74) is 0.162. The lowest BCUT2D eigenvalue weighted by Crippen LogP contribution is -2.68. The van der Waals surface area contributed by atoms with Gasteiger partial charge < -0.3 is 15.4 Å². The topological polar surface area (TPSA) is 48.9 Å². The number of nitrogens with zero attached hydrogens (tertiary/aromatic N) is 2. The summed E-state index contributed by atoms with van der Waals surface area (Å²) in [6.07, 6.45) is 4.16. The van der Waals surface area contributed by atoms with Crippen molar-refractivity contribution in [1.29, 1.82) is 0 Å². The van der Waals surface area contributed by atoms with Gasteiger partial charge >= 0.3 is 0 Å². The van der Waals surface area contributed by atoms with E-state index in [0.29, 0.717) is 24.1 Å². The average Bonchev–Trinajstić information content (AvgIpc) is 3.36. The number of guanidine groups is 1. The molecule has 3 fully saturated rings. The number of halogens is 1. The number of likely N-dealkylation sites (tertiary alicyclic amines) is 1. The second-order valence-electron chi connectivity index (χ2n) is 9.39. The van der Waals surface area contributed by atoms with Crippen LogP contribution in [0.15, 0.2) is 22.5 Å². The molecule has 0 radical (unpaired) electrons. The molecule has 0 aromatic carbocycles. The highest BCUT2D eigenvalue weighted by Gasteiger charge is 2.59. The van der Waals surface area contributed by atoms with Crippen molar-refractivity contribution in [1.82, 2.24) is 15.5 Å². The Morgan fingerprint density at radius 2 is 2.10 bits per heavy atom. The van der Waals surface area contributed by atoms with E-state index in [1.54, 1.807) is 0 Å². The fraction of sp³-hybridized carbons (Fsp3) is 0.773. The third-order valence-corrected chi connectivity index (χ3v) is 8.18. The molecule has 0 spiro atoms. The highest BCUT2D eigenvalue weighted by Crippen LogP contribution is 2.52. The van der Waals surface area contributed by atoms with Crippen molar-refractivity contribution in [2.75, 3.05) is 33.3 Å². The van der Waals surface area contributed by atoms with Crippen molar-refractivity contribution in [3.05, 3.63) is 22.4 Å². The number of thiophene rings is 1. The fourth-order valence-electron chi connectivity index (χ4n) is 5.38. The molecule has 4 atom stereocenters. The van der Waals surface area contributed by atoms with Crippen LogP contribution in [0.4, 0.5) is 0 Å². The van der Waals surface area contributed by atoms with Gasteiger partial charge in [-0.1, -0.05) is 26.8 Å². The largest absolute Gasteiger partial charge is 0.377 e. The minimum absolute atomic E-state index is 0. The molecule has 1 aliphatic carbocycles. The van der Waals surface area contributed by atoms with Gasteiger partial charge in [-0.2, -0.15) is 0 Å². The van der Waals surface area contributed by atoms with E-state index in [1.165, 1.54) is 30.8 Å². The van der Waals surface area contributed by atoms with E-state index in [9.17, 15) is 0 Å². The van der Waals surface area contributed by atoms with Gasteiger partial charge in [0.15, 0.2) is 5.96 Å². The Morgan fingerprint density at radius 1 is 1.34 bits per heavy atom. The van der Waals surface area contributed by atoms with Gasteiger partial charge in [-0.25, -0.2) is 0 Å². The number of rotatable bonds is 5. The quantitative estimate of drug-likeness (QED) is 0.341. The minimum Gasteiger partial charge on any atom is -0.377 e. The monoisotopic (exact) mass is 532 g/mol. The Kier molecular flexibility index (Phi) is 7.89. The van der Waals surface area contributed by atoms with Gasteiger partial charge in [0.2, 0.25) is 0 Å². The summed E-state index contributed by atoms with van der Waals surface area (Å²) >= 11 is 1.87. The first kappa shape index (κ1) is 23.3. The SMILES string of the molecule is CN=C(NCC(c1cccs1)N1CCC(C)CC1)NC1C2CCOC2C1(C)C.I. The lowest BCUT2D eigenvalue weighted by molar-refractivity contribution is -0.106. The molecule has 29 heavy (non-hydrogen) atoms. The number of aliphatic imine (C=N–C) groups is 1. The van der Waals surface area contributed by atoms with Crippen LogP contribution in [0.2, 0.25) is 0 Å². The first-order valence-corrected chi connectivity index (χ1v) is 11.7. The zero-order chi connectivity index (χ0) is 19.7. The molecule has 1 aromatic rings. The highest BCUT2D eigenvalue weighted by atomic mass is 127. The number of ether oxygens (including phenoxy) is 1. The molecule has 5 nitrogen and oxygen atoms in total. The maximum atomic E-state index is 5.94. The molecule has 2 aliphatic heterocycles. The summed E-state index contributed by atoms with van der Waals surface area (Å²) in [5, 5.41) is 9.56. The van der Waals surface area contributed by atoms with Crippen LogP contribution in [0.3, 0.4) is 0 Å². The molecule has 7 heteroatoms. The minimum atomic E-state index is 0. The molecule has 2 N–H and O–H groups in total. The second kappa shape index (κ2) is 9.83. The maximum Gasteiger partial charge on any atom is 0.191 e. The summed E-state index contributed by atoms with van der Waals surface area (Å²) in [5.74, 6) is 2.39. The summed E-state index contributed by atoms with van der Waals surface area (Å²) < 4.78 is 5.94. The van der Waals surface area contributed by atoms with Crippen molar-refractivity contribution >= 4 is 41.3 Å². The Balaban J connectivity index is 0.00000240. The van der Waals surface area contributed by atoms with Crippen molar-refractivity contribution in [2.45, 2.75) is 58.2 Å². The smallest absolute Gasteiger partial charge is 0.191 e. The molecule has 164 valence electrons. The van der Waals surface area contributed by atoms with Gasteiger partial charge in [-0.15, -0.1) is 35.3 Å². The predicted molar refractivity (Wildman–Crippen MR) is 132 cm³/mol. The zero-order valence-electron chi connectivity index (χ0n) is 18.2. The molecular weight excluding hydrogens is 495 g/mol. The summed E-state index contributed by atoms with van der Waals surface area (Å²) in [6, 6.07) is 5.30. The maximum absolute atomic E-state index is 5.94. The summed E-state index contributed by atoms with van der Waals surface area (Å²) in [7, 11) is 1.88. The van der Waals surface area contributed by atoms with Crippen LogP contribution in [0.1, 0.15) is 51.0 Å². The molecule has 0 amide bonds.